The normalized spacial score (nSPS) is 21.7. The molecule has 1 amide bonds. The molecular weight excluding hydrogens is 260 g/mol. The van der Waals surface area contributed by atoms with Gasteiger partial charge in [-0.2, -0.15) is 5.26 Å². The number of hydrogen-bond acceptors (Lipinski definition) is 4. The highest BCUT2D eigenvalue weighted by atomic mass is 32.1. The number of carbonyl (C=O) groups is 1. The molecule has 1 aliphatic heterocycles. The number of carbonyl (C=O) groups excluding carboxylic acids is 1. The van der Waals surface area contributed by atoms with Gasteiger partial charge in [0.1, 0.15) is 17.2 Å². The van der Waals surface area contributed by atoms with Gasteiger partial charge in [-0.25, -0.2) is 0 Å². The first-order chi connectivity index (χ1) is 9.29. The van der Waals surface area contributed by atoms with Crippen LogP contribution in [0.25, 0.3) is 0 Å². The van der Waals surface area contributed by atoms with Crippen molar-refractivity contribution in [3.63, 3.8) is 0 Å². The van der Waals surface area contributed by atoms with E-state index in [-0.39, 0.29) is 12.0 Å². The lowest BCUT2D eigenvalue weighted by atomic mass is 9.96. The van der Waals surface area contributed by atoms with Gasteiger partial charge >= 0.3 is 0 Å². The molecule has 2 heterocycles. The smallest absolute Gasteiger partial charge is 0.254 e. The quantitative estimate of drug-likeness (QED) is 0.903. The molecule has 0 spiro atoms. The molecule has 1 fully saturated rings. The first kappa shape index (κ1) is 12.6. The molecule has 4 nitrogen and oxygen atoms in total. The first-order valence-electron chi connectivity index (χ1n) is 6.76. The van der Waals surface area contributed by atoms with Gasteiger partial charge in [0, 0.05) is 11.5 Å². The Morgan fingerprint density at radius 3 is 2.95 bits per heavy atom. The second-order valence-corrected chi connectivity index (χ2v) is 6.12. The summed E-state index contributed by atoms with van der Waals surface area (Å²) in [5.74, 6) is -0.104. The van der Waals surface area contributed by atoms with E-state index in [9.17, 15) is 10.1 Å². The van der Waals surface area contributed by atoms with Crippen LogP contribution < -0.4 is 5.32 Å². The molecule has 1 atom stereocenters. The Bertz CT molecular complexity index is 538. The molecule has 0 bridgehead atoms. The average molecular weight is 276 g/mol. The number of nitriles is 1. The highest BCUT2D eigenvalue weighted by molar-refractivity contribution is 7.16. The van der Waals surface area contributed by atoms with E-state index < -0.39 is 0 Å². The molecule has 19 heavy (non-hydrogen) atoms. The van der Waals surface area contributed by atoms with Crippen molar-refractivity contribution in [1.82, 2.24) is 0 Å². The molecule has 0 radical (unpaired) electrons. The Morgan fingerprint density at radius 1 is 1.37 bits per heavy atom. The molecule has 5 heteroatoms. The molecule has 1 aromatic rings. The van der Waals surface area contributed by atoms with Crippen LogP contribution in [-0.2, 0) is 22.4 Å². The summed E-state index contributed by atoms with van der Waals surface area (Å²) >= 11 is 1.56. The third kappa shape index (κ3) is 2.38. The molecule has 0 unspecified atom stereocenters. The van der Waals surface area contributed by atoms with Gasteiger partial charge < -0.3 is 10.1 Å². The number of amides is 1. The van der Waals surface area contributed by atoms with Crippen molar-refractivity contribution in [2.45, 2.75) is 44.6 Å². The highest BCUT2D eigenvalue weighted by Gasteiger charge is 2.27. The van der Waals surface area contributed by atoms with Crippen LogP contribution in [0.15, 0.2) is 0 Å². The van der Waals surface area contributed by atoms with Crippen molar-refractivity contribution in [2.24, 2.45) is 0 Å². The summed E-state index contributed by atoms with van der Waals surface area (Å²) < 4.78 is 5.37. The van der Waals surface area contributed by atoms with Gasteiger partial charge in [-0.3, -0.25) is 4.79 Å². The summed E-state index contributed by atoms with van der Waals surface area (Å²) in [5.41, 5.74) is 1.83. The highest BCUT2D eigenvalue weighted by Crippen LogP contribution is 2.37. The predicted molar refractivity (Wildman–Crippen MR) is 73.3 cm³/mol. The largest absolute Gasteiger partial charge is 0.368 e. The second-order valence-electron chi connectivity index (χ2n) is 5.02. The van der Waals surface area contributed by atoms with Crippen molar-refractivity contribution in [3.8, 4) is 6.07 Å². The lowest BCUT2D eigenvalue weighted by Crippen LogP contribution is -2.26. The van der Waals surface area contributed by atoms with Gasteiger partial charge in [0.25, 0.3) is 5.91 Å². The summed E-state index contributed by atoms with van der Waals surface area (Å²) in [6.45, 7) is 0.657. The van der Waals surface area contributed by atoms with E-state index in [1.807, 2.05) is 0 Å². The zero-order chi connectivity index (χ0) is 13.2. The number of nitrogens with one attached hydrogen (secondary N) is 1. The lowest BCUT2D eigenvalue weighted by Gasteiger charge is -2.10. The first-order valence-corrected chi connectivity index (χ1v) is 7.58. The molecule has 1 N–H and O–H groups in total. The topological polar surface area (TPSA) is 62.1 Å². The van der Waals surface area contributed by atoms with Gasteiger partial charge in [-0.15, -0.1) is 11.3 Å². The minimum absolute atomic E-state index is 0.104. The molecule has 1 aliphatic carbocycles. The van der Waals surface area contributed by atoms with E-state index in [0.29, 0.717) is 12.2 Å². The van der Waals surface area contributed by atoms with E-state index in [0.717, 1.165) is 42.7 Å². The zero-order valence-electron chi connectivity index (χ0n) is 10.7. The Morgan fingerprint density at radius 2 is 2.21 bits per heavy atom. The lowest BCUT2D eigenvalue weighted by molar-refractivity contribution is -0.124. The number of hydrogen-bond donors (Lipinski definition) is 1. The summed E-state index contributed by atoms with van der Waals surface area (Å²) in [6, 6.07) is 2.25. The van der Waals surface area contributed by atoms with Crippen LogP contribution in [0, 0.1) is 11.3 Å². The van der Waals surface area contributed by atoms with Crippen LogP contribution in [0.3, 0.4) is 0 Å². The fourth-order valence-corrected chi connectivity index (χ4v) is 3.99. The zero-order valence-corrected chi connectivity index (χ0v) is 11.5. The average Bonchev–Trinajstić information content (AvgIpc) is 3.05. The third-order valence-electron chi connectivity index (χ3n) is 3.74. The van der Waals surface area contributed by atoms with Gasteiger partial charge in [-0.1, -0.05) is 0 Å². The molecule has 2 aliphatic rings. The van der Waals surface area contributed by atoms with Crippen LogP contribution in [0.1, 0.15) is 41.7 Å². The van der Waals surface area contributed by atoms with E-state index in [4.69, 9.17) is 4.74 Å². The molecule has 3 rings (SSSR count). The number of thiophene rings is 1. The van der Waals surface area contributed by atoms with E-state index in [2.05, 4.69) is 11.4 Å². The molecule has 0 saturated carbocycles. The minimum atomic E-state index is -0.342. The number of anilines is 1. The summed E-state index contributed by atoms with van der Waals surface area (Å²) in [7, 11) is 0. The van der Waals surface area contributed by atoms with Crippen LogP contribution in [0.5, 0.6) is 0 Å². The summed E-state index contributed by atoms with van der Waals surface area (Å²) in [6.07, 6.45) is 5.68. The standard InChI is InChI=1S/C14H16N2O2S/c15-8-10-9-4-1-2-6-12(9)19-14(10)16-13(17)11-5-3-7-18-11/h11H,1-7H2,(H,16,17)/t11-/m0/s1. The molecule has 100 valence electrons. The van der Waals surface area contributed by atoms with Crippen LogP contribution in [0.2, 0.25) is 0 Å². The molecule has 1 saturated heterocycles. The number of rotatable bonds is 2. The number of nitrogens with zero attached hydrogens (tertiary/aromatic N) is 1. The number of ether oxygens (including phenoxy) is 1. The van der Waals surface area contributed by atoms with E-state index >= 15 is 0 Å². The van der Waals surface area contributed by atoms with Gasteiger partial charge in [-0.05, 0) is 44.1 Å². The molecule has 0 aromatic carbocycles. The van der Waals surface area contributed by atoms with Crippen LogP contribution >= 0.6 is 11.3 Å². The van der Waals surface area contributed by atoms with Gasteiger partial charge in [0.05, 0.1) is 5.56 Å². The Kier molecular flexibility index (Phi) is 3.54. The minimum Gasteiger partial charge on any atom is -0.368 e. The third-order valence-corrected chi connectivity index (χ3v) is 4.95. The summed E-state index contributed by atoms with van der Waals surface area (Å²) in [4.78, 5) is 13.3. The van der Waals surface area contributed by atoms with E-state index in [1.54, 1.807) is 11.3 Å². The second kappa shape index (κ2) is 5.32. The number of fused-ring (bicyclic) bond motifs is 1. The van der Waals surface area contributed by atoms with Crippen molar-refractivity contribution >= 4 is 22.2 Å². The molecular formula is C14H16N2O2S. The monoisotopic (exact) mass is 276 g/mol. The predicted octanol–water partition coefficient (Wildman–Crippen LogP) is 2.62. The van der Waals surface area contributed by atoms with Crippen LogP contribution in [0.4, 0.5) is 5.00 Å². The van der Waals surface area contributed by atoms with Crippen molar-refractivity contribution in [1.29, 1.82) is 5.26 Å². The van der Waals surface area contributed by atoms with Crippen LogP contribution in [-0.4, -0.2) is 18.6 Å². The maximum atomic E-state index is 12.1. The van der Waals surface area contributed by atoms with Gasteiger partial charge in [0.15, 0.2) is 0 Å². The Labute approximate surface area is 116 Å². The van der Waals surface area contributed by atoms with E-state index in [1.165, 1.54) is 11.3 Å². The fourth-order valence-electron chi connectivity index (χ4n) is 2.75. The molecule has 1 aromatic heterocycles. The maximum absolute atomic E-state index is 12.1. The van der Waals surface area contributed by atoms with Crippen molar-refractivity contribution in [3.05, 3.63) is 16.0 Å². The van der Waals surface area contributed by atoms with Crippen molar-refractivity contribution < 1.29 is 9.53 Å². The Balaban J connectivity index is 1.82. The van der Waals surface area contributed by atoms with Crippen molar-refractivity contribution in [2.75, 3.05) is 11.9 Å². The van der Waals surface area contributed by atoms with Gasteiger partial charge in [0.2, 0.25) is 0 Å². The number of aryl methyl sites for hydroxylation is 1. The Hall–Kier alpha value is -1.38. The maximum Gasteiger partial charge on any atom is 0.254 e. The fraction of sp³-hybridized carbons (Fsp3) is 0.571. The summed E-state index contributed by atoms with van der Waals surface area (Å²) in [5, 5.41) is 12.9. The SMILES string of the molecule is N#Cc1c(NC(=O)[C@@H]2CCCO2)sc2c1CCCC2.